The number of anilines is 1. The highest BCUT2D eigenvalue weighted by atomic mass is 32.2. The van der Waals surface area contributed by atoms with Gasteiger partial charge in [0.25, 0.3) is 0 Å². The minimum absolute atomic E-state index is 0.100. The summed E-state index contributed by atoms with van der Waals surface area (Å²) in [5, 5.41) is 2.45. The normalized spacial score (nSPS) is 15.8. The predicted molar refractivity (Wildman–Crippen MR) is 147 cm³/mol. The number of benzene rings is 2. The molecule has 5 rings (SSSR count). The SMILES string of the molecule is COc1ccc2ccc(S(=O)(=O)N[C@@H](Cc3cc4c(N)nccc4s3)C(=O)N3CCC(C)CC3)cc2c1. The Morgan fingerprint density at radius 3 is 2.65 bits per heavy atom. The summed E-state index contributed by atoms with van der Waals surface area (Å²) in [6, 6.07) is 13.3. The van der Waals surface area contributed by atoms with E-state index in [1.807, 2.05) is 24.3 Å². The van der Waals surface area contributed by atoms with Crippen LogP contribution in [0, 0.1) is 5.92 Å². The highest BCUT2D eigenvalue weighted by molar-refractivity contribution is 7.89. The number of hydrogen-bond donors (Lipinski definition) is 2. The molecular weight excluding hydrogens is 508 g/mol. The van der Waals surface area contributed by atoms with E-state index in [0.717, 1.165) is 38.6 Å². The van der Waals surface area contributed by atoms with Crippen molar-refractivity contribution in [3.63, 3.8) is 0 Å². The minimum Gasteiger partial charge on any atom is -0.497 e. The van der Waals surface area contributed by atoms with Crippen molar-refractivity contribution in [3.05, 3.63) is 59.6 Å². The van der Waals surface area contributed by atoms with Crippen molar-refractivity contribution in [1.82, 2.24) is 14.6 Å². The van der Waals surface area contributed by atoms with Gasteiger partial charge >= 0.3 is 0 Å². The standard InChI is InChI=1S/C27H30N4O4S2/c1-17-8-11-31(12-9-17)27(32)24(16-21-15-23-25(36-21)7-10-29-26(23)28)30-37(33,34)22-6-4-18-3-5-20(35-2)13-19(18)14-22/h3-7,10,13-15,17,24,30H,8-9,11-12,16H2,1-2H3,(H2,28,29)/t24-/m0/s1. The molecule has 0 radical (unpaired) electrons. The van der Waals surface area contributed by atoms with Crippen LogP contribution in [-0.4, -0.2) is 50.5 Å². The summed E-state index contributed by atoms with van der Waals surface area (Å²) in [6.45, 7) is 3.42. The van der Waals surface area contributed by atoms with Crippen LogP contribution in [0.5, 0.6) is 5.75 Å². The Morgan fingerprint density at radius 1 is 1.16 bits per heavy atom. The number of carbonyl (C=O) groups is 1. The van der Waals surface area contributed by atoms with Gasteiger partial charge in [0.2, 0.25) is 15.9 Å². The molecule has 1 atom stereocenters. The van der Waals surface area contributed by atoms with Crippen molar-refractivity contribution in [2.45, 2.75) is 37.1 Å². The number of piperidine rings is 1. The van der Waals surface area contributed by atoms with Crippen LogP contribution in [0.1, 0.15) is 24.6 Å². The first-order valence-corrected chi connectivity index (χ1v) is 14.6. The fraction of sp³-hybridized carbons (Fsp3) is 0.333. The van der Waals surface area contributed by atoms with Gasteiger partial charge in [0.05, 0.1) is 12.0 Å². The van der Waals surface area contributed by atoms with Crippen LogP contribution >= 0.6 is 11.3 Å². The van der Waals surface area contributed by atoms with E-state index >= 15 is 0 Å². The van der Waals surface area contributed by atoms with Gasteiger partial charge in [-0.3, -0.25) is 4.79 Å². The molecule has 2 aromatic carbocycles. The molecule has 0 bridgehead atoms. The summed E-state index contributed by atoms with van der Waals surface area (Å²) >= 11 is 1.49. The third-order valence-electron chi connectivity index (χ3n) is 6.95. The van der Waals surface area contributed by atoms with Crippen LogP contribution in [-0.2, 0) is 21.2 Å². The number of nitrogens with zero attached hydrogens (tertiary/aromatic N) is 2. The molecule has 194 valence electrons. The maximum Gasteiger partial charge on any atom is 0.241 e. The molecule has 37 heavy (non-hydrogen) atoms. The molecule has 0 saturated carbocycles. The first kappa shape index (κ1) is 25.4. The zero-order valence-electron chi connectivity index (χ0n) is 20.8. The molecule has 0 spiro atoms. The van der Waals surface area contributed by atoms with Gasteiger partial charge in [-0.25, -0.2) is 13.4 Å². The van der Waals surface area contributed by atoms with Crippen molar-refractivity contribution >= 4 is 53.9 Å². The Kier molecular flexibility index (Phi) is 7.06. The van der Waals surface area contributed by atoms with E-state index in [-0.39, 0.29) is 17.2 Å². The summed E-state index contributed by atoms with van der Waals surface area (Å²) in [5.41, 5.74) is 6.03. The molecule has 4 aromatic rings. The number of nitrogen functional groups attached to an aromatic ring is 1. The smallest absolute Gasteiger partial charge is 0.241 e. The third-order valence-corrected chi connectivity index (χ3v) is 9.54. The number of ether oxygens (including phenoxy) is 1. The molecule has 1 saturated heterocycles. The number of pyridine rings is 1. The van der Waals surface area contributed by atoms with Gasteiger partial charge in [0.1, 0.15) is 17.6 Å². The van der Waals surface area contributed by atoms with E-state index in [2.05, 4.69) is 16.6 Å². The van der Waals surface area contributed by atoms with Crippen molar-refractivity contribution in [1.29, 1.82) is 0 Å². The molecule has 2 aromatic heterocycles. The third kappa shape index (κ3) is 5.41. The van der Waals surface area contributed by atoms with Gasteiger partial charge in [-0.1, -0.05) is 19.1 Å². The molecule has 0 unspecified atom stereocenters. The number of sulfonamides is 1. The number of nitrogens with two attached hydrogens (primary N) is 1. The average Bonchev–Trinajstić information content (AvgIpc) is 3.31. The summed E-state index contributed by atoms with van der Waals surface area (Å²) in [6.07, 6.45) is 3.68. The number of likely N-dealkylation sites (tertiary alicyclic amines) is 1. The first-order chi connectivity index (χ1) is 17.7. The van der Waals surface area contributed by atoms with E-state index in [1.165, 1.54) is 11.3 Å². The average molecular weight is 539 g/mol. The maximum absolute atomic E-state index is 13.6. The maximum atomic E-state index is 13.6. The number of thiophene rings is 1. The molecule has 3 heterocycles. The van der Waals surface area contributed by atoms with E-state index in [9.17, 15) is 13.2 Å². The van der Waals surface area contributed by atoms with Crippen LogP contribution in [0.4, 0.5) is 5.82 Å². The number of methoxy groups -OCH3 is 1. The van der Waals surface area contributed by atoms with Gasteiger partial charge < -0.3 is 15.4 Å². The fourth-order valence-electron chi connectivity index (χ4n) is 4.72. The lowest BCUT2D eigenvalue weighted by molar-refractivity contribution is -0.134. The van der Waals surface area contributed by atoms with Crippen molar-refractivity contribution in [2.24, 2.45) is 5.92 Å². The Morgan fingerprint density at radius 2 is 1.92 bits per heavy atom. The number of amides is 1. The summed E-state index contributed by atoms with van der Waals surface area (Å²) < 4.78 is 36.1. The summed E-state index contributed by atoms with van der Waals surface area (Å²) in [4.78, 5) is 20.5. The topological polar surface area (TPSA) is 115 Å². The second-order valence-corrected chi connectivity index (χ2v) is 12.5. The van der Waals surface area contributed by atoms with Crippen molar-refractivity contribution in [3.8, 4) is 5.75 Å². The van der Waals surface area contributed by atoms with Gasteiger partial charge in [-0.2, -0.15) is 4.72 Å². The molecule has 1 aliphatic rings. The molecule has 1 fully saturated rings. The quantitative estimate of drug-likeness (QED) is 0.365. The Balaban J connectivity index is 1.47. The number of hydrogen-bond acceptors (Lipinski definition) is 7. The Bertz CT molecular complexity index is 1560. The fourth-order valence-corrected chi connectivity index (χ4v) is 7.06. The lowest BCUT2D eigenvalue weighted by Gasteiger charge is -2.33. The van der Waals surface area contributed by atoms with Crippen molar-refractivity contribution in [2.75, 3.05) is 25.9 Å². The first-order valence-electron chi connectivity index (χ1n) is 12.3. The van der Waals surface area contributed by atoms with Gasteiger partial charge in [-0.15, -0.1) is 11.3 Å². The zero-order chi connectivity index (χ0) is 26.2. The molecule has 0 aliphatic carbocycles. The zero-order valence-corrected chi connectivity index (χ0v) is 22.4. The minimum atomic E-state index is -3.99. The molecule has 1 aliphatic heterocycles. The van der Waals surface area contributed by atoms with Gasteiger partial charge in [0.15, 0.2) is 0 Å². The lowest BCUT2D eigenvalue weighted by atomic mass is 9.98. The van der Waals surface area contributed by atoms with Crippen LogP contribution < -0.4 is 15.2 Å². The number of aromatic nitrogens is 1. The van der Waals surface area contributed by atoms with E-state index in [4.69, 9.17) is 10.5 Å². The molecule has 3 N–H and O–H groups in total. The number of nitrogens with one attached hydrogen (secondary N) is 1. The number of carbonyl (C=O) groups excluding carboxylic acids is 1. The second-order valence-electron chi connectivity index (χ2n) is 9.58. The molecule has 10 heteroatoms. The molecule has 1 amide bonds. The largest absolute Gasteiger partial charge is 0.497 e. The monoisotopic (exact) mass is 538 g/mol. The van der Waals surface area contributed by atoms with Crippen LogP contribution in [0.15, 0.2) is 59.6 Å². The Labute approximate surface area is 220 Å². The van der Waals surface area contributed by atoms with Crippen LogP contribution in [0.2, 0.25) is 0 Å². The van der Waals surface area contributed by atoms with Crippen LogP contribution in [0.3, 0.4) is 0 Å². The lowest BCUT2D eigenvalue weighted by Crippen LogP contribution is -2.51. The van der Waals surface area contributed by atoms with E-state index in [1.54, 1.807) is 42.5 Å². The van der Waals surface area contributed by atoms with E-state index < -0.39 is 16.1 Å². The van der Waals surface area contributed by atoms with E-state index in [0.29, 0.717) is 30.6 Å². The summed E-state index contributed by atoms with van der Waals surface area (Å²) in [7, 11) is -2.43. The predicted octanol–water partition coefficient (Wildman–Crippen LogP) is 4.19. The highest BCUT2D eigenvalue weighted by Gasteiger charge is 2.32. The highest BCUT2D eigenvalue weighted by Crippen LogP contribution is 2.30. The second kappa shape index (κ2) is 10.3. The van der Waals surface area contributed by atoms with Crippen LogP contribution in [0.25, 0.3) is 20.9 Å². The van der Waals surface area contributed by atoms with Crippen molar-refractivity contribution < 1.29 is 17.9 Å². The molecular formula is C27H30N4O4S2. The summed E-state index contributed by atoms with van der Waals surface area (Å²) in [5.74, 6) is 1.40. The number of rotatable bonds is 7. The van der Waals surface area contributed by atoms with Gasteiger partial charge in [-0.05, 0) is 65.9 Å². The molecule has 8 nitrogen and oxygen atoms in total. The van der Waals surface area contributed by atoms with Gasteiger partial charge in [0, 0.05) is 40.7 Å². The number of fused-ring (bicyclic) bond motifs is 2. The Hall–Kier alpha value is -3.21.